The number of hydrogen-bond acceptors (Lipinski definition) is 5. The van der Waals surface area contributed by atoms with Crippen LogP contribution in [0.3, 0.4) is 0 Å². The van der Waals surface area contributed by atoms with Gasteiger partial charge in [-0.25, -0.2) is 4.98 Å². The Hall–Kier alpha value is -2.58. The molecule has 4 aromatic rings. The van der Waals surface area contributed by atoms with Crippen LogP contribution in [0.2, 0.25) is 0 Å². The highest BCUT2D eigenvalue weighted by Crippen LogP contribution is 2.29. The Morgan fingerprint density at radius 2 is 2.07 bits per heavy atom. The van der Waals surface area contributed by atoms with Gasteiger partial charge in [-0.3, -0.25) is 14.2 Å². The number of aromatic nitrogens is 3. The minimum atomic E-state index is -0.317. The number of para-hydroxylation sites is 1. The van der Waals surface area contributed by atoms with Gasteiger partial charge in [-0.2, -0.15) is 4.99 Å². The summed E-state index contributed by atoms with van der Waals surface area (Å²) in [6, 6.07) is 7.96. The molecule has 4 heterocycles. The van der Waals surface area contributed by atoms with E-state index in [2.05, 4.69) is 9.98 Å². The zero-order valence-corrected chi connectivity index (χ0v) is 16.5. The van der Waals surface area contributed by atoms with Crippen molar-refractivity contribution in [3.8, 4) is 0 Å². The zero-order valence-electron chi connectivity index (χ0n) is 14.9. The van der Waals surface area contributed by atoms with E-state index < -0.39 is 0 Å². The monoisotopic (exact) mass is 396 g/mol. The van der Waals surface area contributed by atoms with E-state index in [1.54, 1.807) is 4.57 Å². The molecule has 8 heteroatoms. The Balaban J connectivity index is 1.68. The molecule has 0 saturated carbocycles. The first kappa shape index (κ1) is 16.6. The highest BCUT2D eigenvalue weighted by molar-refractivity contribution is 7.20. The van der Waals surface area contributed by atoms with Crippen LogP contribution < -0.4 is 10.4 Å². The largest absolute Gasteiger partial charge is 0.319 e. The summed E-state index contributed by atoms with van der Waals surface area (Å²) in [5, 5.41) is 0.560. The van der Waals surface area contributed by atoms with Crippen molar-refractivity contribution < 1.29 is 4.79 Å². The lowest BCUT2D eigenvalue weighted by Crippen LogP contribution is -2.20. The summed E-state index contributed by atoms with van der Waals surface area (Å²) >= 11 is 2.75. The molecule has 27 heavy (non-hydrogen) atoms. The molecule has 0 radical (unpaired) electrons. The van der Waals surface area contributed by atoms with Crippen molar-refractivity contribution in [2.75, 3.05) is 0 Å². The van der Waals surface area contributed by atoms with Crippen LogP contribution in [-0.4, -0.2) is 20.0 Å². The first-order valence-electron chi connectivity index (χ1n) is 8.71. The second-order valence-electron chi connectivity index (χ2n) is 6.65. The van der Waals surface area contributed by atoms with Crippen molar-refractivity contribution in [3.05, 3.63) is 55.7 Å². The fourth-order valence-electron chi connectivity index (χ4n) is 3.61. The number of benzene rings is 1. The molecule has 6 nitrogen and oxygen atoms in total. The number of nitrogens with zero attached hydrogens (tertiary/aromatic N) is 4. The zero-order chi connectivity index (χ0) is 18.7. The molecule has 0 bridgehead atoms. The summed E-state index contributed by atoms with van der Waals surface area (Å²) in [4.78, 5) is 36.4. The van der Waals surface area contributed by atoms with Gasteiger partial charge in [0, 0.05) is 20.0 Å². The van der Waals surface area contributed by atoms with E-state index in [4.69, 9.17) is 0 Å². The SMILES string of the molecule is Cc1c(C(=O)N=c2sc3ccccc3n2C)sc2nc3n(c(=O)c12)CCC3. The quantitative estimate of drug-likeness (QED) is 0.497. The van der Waals surface area contributed by atoms with Crippen molar-refractivity contribution in [2.45, 2.75) is 26.3 Å². The average Bonchev–Trinajstić information content (AvgIpc) is 3.33. The van der Waals surface area contributed by atoms with Gasteiger partial charge in [-0.15, -0.1) is 11.3 Å². The van der Waals surface area contributed by atoms with Gasteiger partial charge < -0.3 is 4.57 Å². The van der Waals surface area contributed by atoms with Crippen molar-refractivity contribution in [2.24, 2.45) is 12.0 Å². The second kappa shape index (κ2) is 5.97. The minimum absolute atomic E-state index is 0.0345. The third-order valence-electron chi connectivity index (χ3n) is 5.02. The summed E-state index contributed by atoms with van der Waals surface area (Å²) < 4.78 is 4.73. The summed E-state index contributed by atoms with van der Waals surface area (Å²) in [6.45, 7) is 2.52. The van der Waals surface area contributed by atoms with Crippen LogP contribution in [-0.2, 0) is 20.0 Å². The molecule has 5 rings (SSSR count). The van der Waals surface area contributed by atoms with Crippen LogP contribution in [0, 0.1) is 6.92 Å². The van der Waals surface area contributed by atoms with E-state index in [9.17, 15) is 9.59 Å². The third-order valence-corrected chi connectivity index (χ3v) is 7.30. The molecule has 0 aliphatic carbocycles. The van der Waals surface area contributed by atoms with E-state index in [-0.39, 0.29) is 11.5 Å². The van der Waals surface area contributed by atoms with E-state index in [1.165, 1.54) is 22.7 Å². The van der Waals surface area contributed by atoms with Gasteiger partial charge in [0.25, 0.3) is 11.5 Å². The molecular weight excluding hydrogens is 380 g/mol. The van der Waals surface area contributed by atoms with Crippen LogP contribution in [0.15, 0.2) is 34.1 Å². The number of thiazole rings is 1. The van der Waals surface area contributed by atoms with Gasteiger partial charge >= 0.3 is 0 Å². The fourth-order valence-corrected chi connectivity index (χ4v) is 5.70. The smallest absolute Gasteiger partial charge is 0.290 e. The van der Waals surface area contributed by atoms with E-state index in [1.807, 2.05) is 42.8 Å². The fraction of sp³-hybridized carbons (Fsp3) is 0.263. The highest BCUT2D eigenvalue weighted by atomic mass is 32.1. The third kappa shape index (κ3) is 2.44. The molecule has 0 N–H and O–H groups in total. The standard InChI is InChI=1S/C19H16N4O2S2/c1-10-14-17(20-13-8-5-9-23(13)18(14)25)27-15(10)16(24)21-19-22(2)11-6-3-4-7-12(11)26-19/h3-4,6-7H,5,8-9H2,1-2H3. The summed E-state index contributed by atoms with van der Waals surface area (Å²) in [5.41, 5.74) is 1.69. The Morgan fingerprint density at radius 1 is 1.26 bits per heavy atom. The van der Waals surface area contributed by atoms with Gasteiger partial charge in [0.15, 0.2) is 4.80 Å². The Labute approximate surface area is 162 Å². The summed E-state index contributed by atoms with van der Waals surface area (Å²) in [7, 11) is 1.90. The number of hydrogen-bond donors (Lipinski definition) is 0. The van der Waals surface area contributed by atoms with Gasteiger partial charge in [0.05, 0.1) is 15.6 Å². The lowest BCUT2D eigenvalue weighted by molar-refractivity contribution is 0.100. The molecule has 1 aliphatic rings. The Kier molecular flexibility index (Phi) is 3.66. The molecule has 0 atom stereocenters. The van der Waals surface area contributed by atoms with Crippen LogP contribution in [0.25, 0.3) is 20.4 Å². The number of thiophene rings is 1. The number of aryl methyl sites for hydroxylation is 3. The minimum Gasteiger partial charge on any atom is -0.319 e. The van der Waals surface area contributed by atoms with Gasteiger partial charge in [0.1, 0.15) is 15.5 Å². The lowest BCUT2D eigenvalue weighted by atomic mass is 10.2. The molecule has 1 amide bonds. The van der Waals surface area contributed by atoms with Crippen LogP contribution in [0.4, 0.5) is 0 Å². The molecular formula is C19H16N4O2S2. The molecule has 0 unspecified atom stereocenters. The molecule has 1 aliphatic heterocycles. The van der Waals surface area contributed by atoms with Crippen LogP contribution in [0.1, 0.15) is 27.5 Å². The molecule has 3 aromatic heterocycles. The van der Waals surface area contributed by atoms with E-state index >= 15 is 0 Å². The molecule has 1 aromatic carbocycles. The second-order valence-corrected chi connectivity index (χ2v) is 8.66. The highest BCUT2D eigenvalue weighted by Gasteiger charge is 2.23. The Bertz CT molecular complexity index is 1370. The van der Waals surface area contributed by atoms with E-state index in [0.717, 1.165) is 28.9 Å². The van der Waals surface area contributed by atoms with Crippen LogP contribution in [0.5, 0.6) is 0 Å². The summed E-state index contributed by atoms with van der Waals surface area (Å²) in [5.74, 6) is 0.503. The van der Waals surface area contributed by atoms with Crippen molar-refractivity contribution in [3.63, 3.8) is 0 Å². The van der Waals surface area contributed by atoms with Gasteiger partial charge in [0.2, 0.25) is 0 Å². The summed E-state index contributed by atoms with van der Waals surface area (Å²) in [6.07, 6.45) is 1.76. The first-order valence-corrected chi connectivity index (χ1v) is 10.3. The van der Waals surface area contributed by atoms with Crippen molar-refractivity contribution >= 4 is 49.0 Å². The molecule has 0 spiro atoms. The Morgan fingerprint density at radius 3 is 2.89 bits per heavy atom. The predicted octanol–water partition coefficient (Wildman–Crippen LogP) is 3.01. The normalized spacial score (nSPS) is 14.4. The van der Waals surface area contributed by atoms with Crippen LogP contribution >= 0.6 is 22.7 Å². The molecule has 0 saturated heterocycles. The topological polar surface area (TPSA) is 69.2 Å². The van der Waals surface area contributed by atoms with Crippen molar-refractivity contribution in [1.82, 2.24) is 14.1 Å². The number of carbonyl (C=O) groups excluding carboxylic acids is 1. The van der Waals surface area contributed by atoms with Gasteiger partial charge in [-0.05, 0) is 31.0 Å². The maximum Gasteiger partial charge on any atom is 0.290 e. The molecule has 136 valence electrons. The molecule has 0 fully saturated rings. The number of carbonyl (C=O) groups is 1. The maximum atomic E-state index is 12.9. The first-order chi connectivity index (χ1) is 13.0. The predicted molar refractivity (Wildman–Crippen MR) is 108 cm³/mol. The van der Waals surface area contributed by atoms with Gasteiger partial charge in [-0.1, -0.05) is 23.5 Å². The average molecular weight is 396 g/mol. The number of amides is 1. The number of fused-ring (bicyclic) bond motifs is 3. The number of rotatable bonds is 1. The maximum absolute atomic E-state index is 12.9. The van der Waals surface area contributed by atoms with Crippen molar-refractivity contribution in [1.29, 1.82) is 0 Å². The van der Waals surface area contributed by atoms with E-state index in [0.29, 0.717) is 32.0 Å². The lowest BCUT2D eigenvalue weighted by Gasteiger charge is -2.01.